The average molecular weight is 179 g/mol. The van der Waals surface area contributed by atoms with E-state index in [9.17, 15) is 0 Å². The molecule has 2 rings (SSSR count). The Morgan fingerprint density at radius 1 is 1.58 bits per heavy atom. The summed E-state index contributed by atoms with van der Waals surface area (Å²) in [5.74, 6) is 1.35. The number of aryl methyl sites for hydroxylation is 1. The first-order chi connectivity index (χ1) is 5.79. The van der Waals surface area contributed by atoms with Crippen LogP contribution in [0.5, 0.6) is 0 Å². The lowest BCUT2D eigenvalue weighted by Gasteiger charge is -1.90. The summed E-state index contributed by atoms with van der Waals surface area (Å²) in [7, 11) is 0. The molecule has 0 fully saturated rings. The van der Waals surface area contributed by atoms with Gasteiger partial charge in [-0.3, -0.25) is 0 Å². The Hall–Kier alpha value is -1.03. The van der Waals surface area contributed by atoms with Crippen molar-refractivity contribution in [2.45, 2.75) is 12.7 Å². The summed E-state index contributed by atoms with van der Waals surface area (Å²) in [5.41, 5.74) is 2.08. The molecule has 0 spiro atoms. The Kier molecular flexibility index (Phi) is 1.77. The van der Waals surface area contributed by atoms with Crippen LogP contribution in [0.4, 0.5) is 0 Å². The highest BCUT2D eigenvalue weighted by atomic mass is 32.1. The maximum atomic E-state index is 4.27. The molecule has 0 N–H and O–H groups in total. The van der Waals surface area contributed by atoms with Crippen molar-refractivity contribution in [1.29, 1.82) is 0 Å². The van der Waals surface area contributed by atoms with Crippen molar-refractivity contribution in [2.75, 3.05) is 0 Å². The van der Waals surface area contributed by atoms with Gasteiger partial charge in [0.25, 0.3) is 0 Å². The van der Waals surface area contributed by atoms with Crippen LogP contribution in [0, 0.1) is 6.92 Å². The van der Waals surface area contributed by atoms with Gasteiger partial charge in [-0.25, -0.2) is 9.50 Å². The summed E-state index contributed by atoms with van der Waals surface area (Å²) in [5, 5.41) is 4.20. The SMILES string of the molecule is Cc1ccn2nc(CS)nc2c1. The number of hydrogen-bond donors (Lipinski definition) is 1. The van der Waals surface area contributed by atoms with Crippen LogP contribution in [0.1, 0.15) is 11.4 Å². The number of rotatable bonds is 1. The lowest BCUT2D eigenvalue weighted by Crippen LogP contribution is -1.86. The van der Waals surface area contributed by atoms with E-state index in [0.29, 0.717) is 5.75 Å². The standard InChI is InChI=1S/C8H9N3S/c1-6-2-3-11-8(4-6)9-7(5-12)10-11/h2-4,12H,5H2,1H3. The van der Waals surface area contributed by atoms with Crippen molar-refractivity contribution >= 4 is 18.3 Å². The average Bonchev–Trinajstić information content (AvgIpc) is 2.46. The highest BCUT2D eigenvalue weighted by molar-refractivity contribution is 7.79. The van der Waals surface area contributed by atoms with Gasteiger partial charge in [0.15, 0.2) is 11.5 Å². The summed E-state index contributed by atoms with van der Waals surface area (Å²) in [6.45, 7) is 2.04. The van der Waals surface area contributed by atoms with Crippen LogP contribution in [-0.2, 0) is 5.75 Å². The number of thiol groups is 1. The van der Waals surface area contributed by atoms with Crippen LogP contribution >= 0.6 is 12.6 Å². The van der Waals surface area contributed by atoms with Gasteiger partial charge in [-0.2, -0.15) is 17.7 Å². The summed E-state index contributed by atoms with van der Waals surface area (Å²) >= 11 is 4.11. The zero-order valence-corrected chi connectivity index (χ0v) is 7.62. The fraction of sp³-hybridized carbons (Fsp3) is 0.250. The molecule has 0 aliphatic heterocycles. The van der Waals surface area contributed by atoms with E-state index in [1.54, 1.807) is 4.52 Å². The number of hydrogen-bond acceptors (Lipinski definition) is 3. The fourth-order valence-electron chi connectivity index (χ4n) is 1.10. The molecule has 2 heterocycles. The Labute approximate surface area is 75.8 Å². The van der Waals surface area contributed by atoms with Crippen molar-refractivity contribution in [3.8, 4) is 0 Å². The summed E-state index contributed by atoms with van der Waals surface area (Å²) < 4.78 is 1.76. The third-order valence-corrected chi connectivity index (χ3v) is 1.96. The first-order valence-corrected chi connectivity index (χ1v) is 4.35. The summed E-state index contributed by atoms with van der Waals surface area (Å²) in [4.78, 5) is 4.27. The molecule has 2 aromatic rings. The van der Waals surface area contributed by atoms with Crippen molar-refractivity contribution in [2.24, 2.45) is 0 Å². The molecule has 4 heteroatoms. The predicted molar refractivity (Wildman–Crippen MR) is 50.4 cm³/mol. The van der Waals surface area contributed by atoms with Gasteiger partial charge < -0.3 is 0 Å². The van der Waals surface area contributed by atoms with Crippen LogP contribution in [0.25, 0.3) is 5.65 Å². The third kappa shape index (κ3) is 1.18. The molecule has 0 aliphatic carbocycles. The quantitative estimate of drug-likeness (QED) is 0.672. The largest absolute Gasteiger partial charge is 0.221 e. The maximum Gasteiger partial charge on any atom is 0.161 e. The minimum absolute atomic E-state index is 0.584. The molecule has 0 aliphatic rings. The van der Waals surface area contributed by atoms with Gasteiger partial charge in [0, 0.05) is 6.20 Å². The summed E-state index contributed by atoms with van der Waals surface area (Å²) in [6.07, 6.45) is 1.91. The first kappa shape index (κ1) is 7.61. The van der Waals surface area contributed by atoms with Gasteiger partial charge >= 0.3 is 0 Å². The zero-order chi connectivity index (χ0) is 8.55. The molecule has 0 bridgehead atoms. The van der Waals surface area contributed by atoms with Crippen LogP contribution in [0.3, 0.4) is 0 Å². The molecule has 0 aromatic carbocycles. The van der Waals surface area contributed by atoms with Crippen LogP contribution in [0.15, 0.2) is 18.3 Å². The highest BCUT2D eigenvalue weighted by Crippen LogP contribution is 2.05. The molecular formula is C8H9N3S. The minimum atomic E-state index is 0.584. The molecule has 0 saturated heterocycles. The van der Waals surface area contributed by atoms with Crippen molar-refractivity contribution in [3.63, 3.8) is 0 Å². The van der Waals surface area contributed by atoms with E-state index in [1.807, 2.05) is 25.3 Å². The monoisotopic (exact) mass is 179 g/mol. The van der Waals surface area contributed by atoms with Crippen molar-refractivity contribution in [1.82, 2.24) is 14.6 Å². The molecule has 0 unspecified atom stereocenters. The second-order valence-corrected chi connectivity index (χ2v) is 3.01. The molecule has 12 heavy (non-hydrogen) atoms. The van der Waals surface area contributed by atoms with Crippen molar-refractivity contribution in [3.05, 3.63) is 29.7 Å². The van der Waals surface area contributed by atoms with E-state index in [-0.39, 0.29) is 0 Å². The molecular weight excluding hydrogens is 170 g/mol. The Morgan fingerprint density at radius 2 is 2.42 bits per heavy atom. The number of nitrogens with zero attached hydrogens (tertiary/aromatic N) is 3. The van der Waals surface area contributed by atoms with Gasteiger partial charge in [0.05, 0.1) is 5.75 Å². The lowest BCUT2D eigenvalue weighted by molar-refractivity contribution is 0.923. The van der Waals surface area contributed by atoms with Crippen LogP contribution in [0.2, 0.25) is 0 Å². The van der Waals surface area contributed by atoms with E-state index in [0.717, 1.165) is 11.5 Å². The van der Waals surface area contributed by atoms with E-state index < -0.39 is 0 Å². The molecule has 2 aromatic heterocycles. The molecule has 3 nitrogen and oxygen atoms in total. The second-order valence-electron chi connectivity index (χ2n) is 2.69. The van der Waals surface area contributed by atoms with Gasteiger partial charge in [-0.05, 0) is 24.6 Å². The maximum absolute atomic E-state index is 4.27. The first-order valence-electron chi connectivity index (χ1n) is 3.72. The molecule has 0 atom stereocenters. The van der Waals surface area contributed by atoms with Gasteiger partial charge in [-0.15, -0.1) is 0 Å². The smallest absolute Gasteiger partial charge is 0.161 e. The topological polar surface area (TPSA) is 30.2 Å². The fourth-order valence-corrected chi connectivity index (χ4v) is 1.23. The van der Waals surface area contributed by atoms with Crippen molar-refractivity contribution < 1.29 is 0 Å². The number of pyridine rings is 1. The predicted octanol–water partition coefficient (Wildman–Crippen LogP) is 1.47. The molecule has 0 saturated carbocycles. The second kappa shape index (κ2) is 2.79. The Morgan fingerprint density at radius 3 is 3.17 bits per heavy atom. The third-order valence-electron chi connectivity index (χ3n) is 1.68. The van der Waals surface area contributed by atoms with Gasteiger partial charge in [0.2, 0.25) is 0 Å². The van der Waals surface area contributed by atoms with E-state index in [2.05, 4.69) is 22.7 Å². The van der Waals surface area contributed by atoms with Crippen LogP contribution in [-0.4, -0.2) is 14.6 Å². The minimum Gasteiger partial charge on any atom is -0.221 e. The Bertz CT molecular complexity index is 408. The van der Waals surface area contributed by atoms with E-state index >= 15 is 0 Å². The van der Waals surface area contributed by atoms with Crippen LogP contribution < -0.4 is 0 Å². The molecule has 0 radical (unpaired) electrons. The zero-order valence-electron chi connectivity index (χ0n) is 6.73. The van der Waals surface area contributed by atoms with E-state index in [4.69, 9.17) is 0 Å². The molecule has 0 amide bonds. The van der Waals surface area contributed by atoms with E-state index in [1.165, 1.54) is 5.56 Å². The van der Waals surface area contributed by atoms with Gasteiger partial charge in [-0.1, -0.05) is 0 Å². The number of aromatic nitrogens is 3. The number of fused-ring (bicyclic) bond motifs is 1. The Balaban J connectivity index is 2.67. The lowest BCUT2D eigenvalue weighted by atomic mass is 10.3. The highest BCUT2D eigenvalue weighted by Gasteiger charge is 2.00. The summed E-state index contributed by atoms with van der Waals surface area (Å²) in [6, 6.07) is 4.00. The van der Waals surface area contributed by atoms with Gasteiger partial charge in [0.1, 0.15) is 0 Å². The normalized spacial score (nSPS) is 10.8. The molecule has 62 valence electrons.